The fourth-order valence-corrected chi connectivity index (χ4v) is 5.20. The van der Waals surface area contributed by atoms with Gasteiger partial charge in [-0.25, -0.2) is 9.78 Å². The Hall–Kier alpha value is -2.61. The highest BCUT2D eigenvalue weighted by atomic mass is 35.5. The molecule has 1 fully saturated rings. The summed E-state index contributed by atoms with van der Waals surface area (Å²) in [6.07, 6.45) is 4.36. The zero-order valence-electron chi connectivity index (χ0n) is 20.2. The van der Waals surface area contributed by atoms with Crippen molar-refractivity contribution < 1.29 is 24.2 Å². The summed E-state index contributed by atoms with van der Waals surface area (Å²) in [6, 6.07) is 10.9. The summed E-state index contributed by atoms with van der Waals surface area (Å²) >= 11 is 11.7. The van der Waals surface area contributed by atoms with Crippen molar-refractivity contribution in [3.05, 3.63) is 70.1 Å². The molecule has 4 rings (SSSR count). The van der Waals surface area contributed by atoms with E-state index in [-0.39, 0.29) is 17.6 Å². The molecule has 2 aliphatic heterocycles. The summed E-state index contributed by atoms with van der Waals surface area (Å²) in [5.41, 5.74) is 2.20. The number of pyridine rings is 1. The van der Waals surface area contributed by atoms with Crippen molar-refractivity contribution in [1.29, 1.82) is 0 Å². The Morgan fingerprint density at radius 3 is 2.64 bits per heavy atom. The van der Waals surface area contributed by atoms with E-state index in [1.807, 2.05) is 24.3 Å². The normalized spacial score (nSPS) is 22.2. The number of rotatable bonds is 10. The molecule has 2 aromatic rings. The second kappa shape index (κ2) is 12.1. The average Bonchev–Trinajstić information content (AvgIpc) is 3.38. The number of carbonyl (C=O) groups is 2. The molecule has 9 heteroatoms. The van der Waals surface area contributed by atoms with Gasteiger partial charge >= 0.3 is 5.97 Å². The summed E-state index contributed by atoms with van der Waals surface area (Å²) in [5.74, 6) is -1.21. The summed E-state index contributed by atoms with van der Waals surface area (Å²) in [6.45, 7) is 3.23. The number of benzene rings is 1. The highest BCUT2D eigenvalue weighted by Gasteiger charge is 2.44. The van der Waals surface area contributed by atoms with E-state index >= 15 is 0 Å². The number of nitrogens with zero attached hydrogens (tertiary/aromatic N) is 2. The number of aromatic nitrogens is 1. The van der Waals surface area contributed by atoms with E-state index in [4.69, 9.17) is 32.7 Å². The van der Waals surface area contributed by atoms with Crippen LogP contribution in [0.3, 0.4) is 0 Å². The lowest BCUT2D eigenvalue weighted by atomic mass is 9.74. The van der Waals surface area contributed by atoms with Crippen LogP contribution < -0.4 is 4.74 Å². The van der Waals surface area contributed by atoms with E-state index in [0.29, 0.717) is 48.5 Å². The van der Waals surface area contributed by atoms with Gasteiger partial charge in [-0.05, 0) is 61.9 Å². The van der Waals surface area contributed by atoms with Crippen LogP contribution in [0, 0.1) is 5.92 Å². The number of aliphatic carboxylic acids is 1. The predicted molar refractivity (Wildman–Crippen MR) is 137 cm³/mol. The zero-order valence-corrected chi connectivity index (χ0v) is 21.7. The molecule has 1 aromatic carbocycles. The molecule has 0 radical (unpaired) electrons. The van der Waals surface area contributed by atoms with Gasteiger partial charge in [-0.3, -0.25) is 4.79 Å². The largest absolute Gasteiger partial charge is 0.494 e. The Bertz CT molecular complexity index is 1100. The van der Waals surface area contributed by atoms with Crippen molar-refractivity contribution in [3.8, 4) is 5.75 Å². The number of carbonyl (C=O) groups excluding carboxylic acids is 1. The highest BCUT2D eigenvalue weighted by molar-refractivity contribution is 6.29. The van der Waals surface area contributed by atoms with Gasteiger partial charge in [-0.2, -0.15) is 0 Å². The molecule has 7 nitrogen and oxygen atoms in total. The summed E-state index contributed by atoms with van der Waals surface area (Å²) in [7, 11) is 0. The molecule has 0 aliphatic carbocycles. The van der Waals surface area contributed by atoms with E-state index in [1.165, 1.54) is 0 Å². The van der Waals surface area contributed by atoms with Gasteiger partial charge in [0.25, 0.3) is 0 Å². The molecule has 192 valence electrons. The fraction of sp³-hybridized carbons (Fsp3) is 0.444. The Morgan fingerprint density at radius 1 is 1.25 bits per heavy atom. The van der Waals surface area contributed by atoms with E-state index in [1.54, 1.807) is 30.2 Å². The lowest BCUT2D eigenvalue weighted by Crippen LogP contribution is -2.47. The van der Waals surface area contributed by atoms with Crippen LogP contribution in [0.15, 0.2) is 53.9 Å². The number of ether oxygens (including phenoxy) is 2. The maximum absolute atomic E-state index is 13.9. The Balaban J connectivity index is 1.69. The third kappa shape index (κ3) is 6.02. The summed E-state index contributed by atoms with van der Waals surface area (Å²) < 4.78 is 11.5. The van der Waals surface area contributed by atoms with Crippen molar-refractivity contribution >= 4 is 35.1 Å². The van der Waals surface area contributed by atoms with Crippen molar-refractivity contribution in [1.82, 2.24) is 9.88 Å². The van der Waals surface area contributed by atoms with Gasteiger partial charge in [-0.1, -0.05) is 29.8 Å². The van der Waals surface area contributed by atoms with Gasteiger partial charge < -0.3 is 19.5 Å². The first-order chi connectivity index (χ1) is 17.4. The van der Waals surface area contributed by atoms with Crippen LogP contribution in [0.25, 0.3) is 0 Å². The molecule has 3 heterocycles. The minimum Gasteiger partial charge on any atom is -0.494 e. The van der Waals surface area contributed by atoms with Gasteiger partial charge in [0.15, 0.2) is 0 Å². The fourth-order valence-electron chi connectivity index (χ4n) is 4.98. The quantitative estimate of drug-likeness (QED) is 0.261. The van der Waals surface area contributed by atoms with Crippen LogP contribution in [0.5, 0.6) is 5.75 Å². The lowest BCUT2D eigenvalue weighted by Gasteiger charge is -2.40. The number of hydrogen-bond acceptors (Lipinski definition) is 5. The smallest absolute Gasteiger partial charge is 0.333 e. The Kier molecular flexibility index (Phi) is 8.88. The monoisotopic (exact) mass is 532 g/mol. The van der Waals surface area contributed by atoms with Crippen LogP contribution in [0.4, 0.5) is 0 Å². The maximum atomic E-state index is 13.9. The number of carboxylic acids is 1. The van der Waals surface area contributed by atoms with Crippen molar-refractivity contribution in [2.24, 2.45) is 5.92 Å². The molecule has 36 heavy (non-hydrogen) atoms. The minimum atomic E-state index is -1.05. The molecular weight excluding hydrogens is 503 g/mol. The first-order valence-electron chi connectivity index (χ1n) is 12.1. The molecule has 0 saturated carbocycles. The van der Waals surface area contributed by atoms with Crippen LogP contribution in [0.2, 0.25) is 5.15 Å². The highest BCUT2D eigenvalue weighted by Crippen LogP contribution is 2.42. The topological polar surface area (TPSA) is 89.0 Å². The number of hydrogen-bond donors (Lipinski definition) is 1. The maximum Gasteiger partial charge on any atom is 0.333 e. The van der Waals surface area contributed by atoms with Crippen LogP contribution in [-0.4, -0.2) is 58.6 Å². The first-order valence-corrected chi connectivity index (χ1v) is 13.1. The number of amides is 1. The van der Waals surface area contributed by atoms with Crippen LogP contribution >= 0.6 is 23.2 Å². The number of allylic oxidation sites excluding steroid dienone is 1. The van der Waals surface area contributed by atoms with Gasteiger partial charge in [0.2, 0.25) is 5.91 Å². The zero-order chi connectivity index (χ0) is 25.7. The van der Waals surface area contributed by atoms with E-state index in [9.17, 15) is 14.7 Å². The summed E-state index contributed by atoms with van der Waals surface area (Å²) in [5, 5.41) is 10.6. The molecule has 0 spiro atoms. The molecular formula is C27H30Cl2N2O5. The van der Waals surface area contributed by atoms with E-state index in [2.05, 4.69) is 4.98 Å². The molecule has 1 aromatic heterocycles. The predicted octanol–water partition coefficient (Wildman–Crippen LogP) is 5.07. The van der Waals surface area contributed by atoms with Gasteiger partial charge in [0.1, 0.15) is 10.9 Å². The molecule has 0 bridgehead atoms. The molecule has 1 N–H and O–H groups in total. The number of halogens is 2. The van der Waals surface area contributed by atoms with Crippen molar-refractivity contribution in [2.45, 2.75) is 44.6 Å². The van der Waals surface area contributed by atoms with Crippen LogP contribution in [0.1, 0.15) is 43.2 Å². The van der Waals surface area contributed by atoms with Gasteiger partial charge in [-0.15, -0.1) is 11.6 Å². The number of alkyl halides is 1. The molecule has 1 amide bonds. The Morgan fingerprint density at radius 2 is 2.03 bits per heavy atom. The second-order valence-electron chi connectivity index (χ2n) is 9.13. The van der Waals surface area contributed by atoms with E-state index < -0.39 is 17.8 Å². The summed E-state index contributed by atoms with van der Waals surface area (Å²) in [4.78, 5) is 32.3. The van der Waals surface area contributed by atoms with Crippen LogP contribution in [-0.2, 0) is 20.7 Å². The average molecular weight is 533 g/mol. The molecule has 2 aliphatic rings. The standard InChI is InChI=1S/C27H30Cl2N2O5/c1-17-24(27(33)34)25(19-7-10-23(29)30-15-19)22(26(32)31(17)16-21-4-2-12-36-21)14-18-5-8-20(9-6-18)35-13-3-11-28/h5-10,15,21-22,25H,2-4,11-14,16H2,1H3,(H,33,34)/t21-,22?,25-/m1/s1. The third-order valence-corrected chi connectivity index (χ3v) is 7.26. The molecule has 3 atom stereocenters. The SMILES string of the molecule is CC1=C(C(=O)O)[C@H](c2ccc(Cl)nc2)C(Cc2ccc(OCCCCl)cc2)C(=O)N1C[C@H]1CCCO1. The van der Waals surface area contributed by atoms with E-state index in [0.717, 1.165) is 30.6 Å². The Labute approximate surface area is 221 Å². The van der Waals surface area contributed by atoms with Gasteiger partial charge in [0.05, 0.1) is 30.7 Å². The number of carboxylic acid groups (broad SMARTS) is 1. The lowest BCUT2D eigenvalue weighted by molar-refractivity contribution is -0.139. The first kappa shape index (κ1) is 26.5. The van der Waals surface area contributed by atoms with Gasteiger partial charge in [0, 0.05) is 30.3 Å². The van der Waals surface area contributed by atoms with Crippen molar-refractivity contribution in [2.75, 3.05) is 25.6 Å². The minimum absolute atomic E-state index is 0.0993. The third-order valence-electron chi connectivity index (χ3n) is 6.77. The second-order valence-corrected chi connectivity index (χ2v) is 9.89. The van der Waals surface area contributed by atoms with Crippen molar-refractivity contribution in [3.63, 3.8) is 0 Å². The molecule has 1 unspecified atom stereocenters. The molecule has 1 saturated heterocycles.